The molecule has 0 atom stereocenters. The molecule has 0 unspecified atom stereocenters. The van der Waals surface area contributed by atoms with Crippen LogP contribution in [0.5, 0.6) is 5.75 Å². The second-order valence-corrected chi connectivity index (χ2v) is 4.49. The van der Waals surface area contributed by atoms with E-state index in [9.17, 15) is 0 Å². The zero-order chi connectivity index (χ0) is 13.1. The molecule has 1 aliphatic heterocycles. The molecule has 3 heteroatoms. The number of aryl methyl sites for hydroxylation is 1. The third kappa shape index (κ3) is 2.55. The van der Waals surface area contributed by atoms with Gasteiger partial charge in [0.15, 0.2) is 0 Å². The first-order chi connectivity index (χ1) is 9.33. The van der Waals surface area contributed by atoms with Gasteiger partial charge in [-0.25, -0.2) is 0 Å². The van der Waals surface area contributed by atoms with E-state index in [-0.39, 0.29) is 0 Å². The van der Waals surface area contributed by atoms with Gasteiger partial charge in [-0.15, -0.1) is 0 Å². The van der Waals surface area contributed by atoms with Crippen LogP contribution in [0.2, 0.25) is 0 Å². The monoisotopic (exact) mass is 251 g/mol. The van der Waals surface area contributed by atoms with Gasteiger partial charge in [-0.3, -0.25) is 0 Å². The van der Waals surface area contributed by atoms with Gasteiger partial charge < -0.3 is 4.74 Å². The molecular formula is C16H15N2O+. The van der Waals surface area contributed by atoms with Gasteiger partial charge in [0.1, 0.15) is 12.0 Å². The Hall–Kier alpha value is -2.42. The van der Waals surface area contributed by atoms with E-state index in [1.807, 2.05) is 54.9 Å². The highest BCUT2D eigenvalue weighted by Gasteiger charge is 2.17. The number of rotatable bonds is 2. The summed E-state index contributed by atoms with van der Waals surface area (Å²) in [7, 11) is 0. The molecule has 0 aliphatic carbocycles. The number of hydrazone groups is 1. The molecule has 3 rings (SSSR count). The molecule has 2 aromatic carbocycles. The molecule has 0 radical (unpaired) electrons. The van der Waals surface area contributed by atoms with E-state index in [0.29, 0.717) is 6.73 Å². The molecule has 0 spiro atoms. The zero-order valence-electron chi connectivity index (χ0n) is 10.8. The van der Waals surface area contributed by atoms with Crippen molar-refractivity contribution in [3.8, 4) is 5.75 Å². The number of para-hydroxylation sites is 1. The highest BCUT2D eigenvalue weighted by Crippen LogP contribution is 2.23. The lowest BCUT2D eigenvalue weighted by Gasteiger charge is -2.12. The van der Waals surface area contributed by atoms with Crippen molar-refractivity contribution in [2.45, 2.75) is 6.92 Å². The van der Waals surface area contributed by atoms with Crippen molar-refractivity contribution in [3.05, 3.63) is 65.2 Å². The van der Waals surface area contributed by atoms with Crippen LogP contribution in [-0.2, 0) is 0 Å². The topological polar surface area (TPSA) is 24.6 Å². The van der Waals surface area contributed by atoms with Gasteiger partial charge in [0.2, 0.25) is 6.21 Å². The highest BCUT2D eigenvalue weighted by molar-refractivity contribution is 5.82. The summed E-state index contributed by atoms with van der Waals surface area (Å²) in [5.41, 5.74) is 3.29. The predicted molar refractivity (Wildman–Crippen MR) is 76.1 cm³/mol. The number of ether oxygens (including phenoxy) is 1. The number of hydrogen-bond acceptors (Lipinski definition) is 2. The Bertz CT molecular complexity index is 645. The van der Waals surface area contributed by atoms with Crippen LogP contribution in [0, 0.1) is 6.92 Å². The maximum Gasteiger partial charge on any atom is 0.317 e. The van der Waals surface area contributed by atoms with Crippen molar-refractivity contribution in [1.29, 1.82) is 0 Å². The summed E-state index contributed by atoms with van der Waals surface area (Å²) in [5, 5.41) is 4.41. The summed E-state index contributed by atoms with van der Waals surface area (Å²) >= 11 is 0. The Balaban J connectivity index is 1.86. The lowest BCUT2D eigenvalue weighted by Crippen LogP contribution is -2.20. The van der Waals surface area contributed by atoms with Crippen LogP contribution in [0.4, 0.5) is 0 Å². The molecule has 94 valence electrons. The molecule has 1 heterocycles. The first kappa shape index (κ1) is 11.7. The first-order valence-corrected chi connectivity index (χ1v) is 6.26. The van der Waals surface area contributed by atoms with Crippen LogP contribution in [0.15, 0.2) is 53.6 Å². The molecule has 0 saturated heterocycles. The molecule has 3 nitrogen and oxygen atoms in total. The second-order valence-electron chi connectivity index (χ2n) is 4.49. The van der Waals surface area contributed by atoms with E-state index < -0.39 is 0 Å². The SMILES string of the molecule is Cc1cccc2c1OC[N+](N=Cc1ccccc1)=C2. The summed E-state index contributed by atoms with van der Waals surface area (Å²) in [6, 6.07) is 16.1. The Morgan fingerprint density at radius 2 is 1.95 bits per heavy atom. The van der Waals surface area contributed by atoms with Crippen LogP contribution < -0.4 is 4.74 Å². The third-order valence-corrected chi connectivity index (χ3v) is 3.03. The molecule has 0 aromatic heterocycles. The lowest BCUT2D eigenvalue weighted by molar-refractivity contribution is -0.560. The number of fused-ring (bicyclic) bond motifs is 1. The van der Waals surface area contributed by atoms with Gasteiger partial charge in [0.05, 0.1) is 5.56 Å². The van der Waals surface area contributed by atoms with Gasteiger partial charge in [0, 0.05) is 0 Å². The number of hydrogen-bond donors (Lipinski definition) is 0. The summed E-state index contributed by atoms with van der Waals surface area (Å²) in [6.45, 7) is 2.50. The van der Waals surface area contributed by atoms with Crippen LogP contribution in [-0.4, -0.2) is 23.8 Å². The molecule has 0 fully saturated rings. The minimum Gasteiger partial charge on any atom is -0.433 e. The summed E-state index contributed by atoms with van der Waals surface area (Å²) in [5.74, 6) is 0.952. The predicted octanol–water partition coefficient (Wildman–Crippen LogP) is 2.81. The average Bonchev–Trinajstić information content (AvgIpc) is 2.46. The fraction of sp³-hybridized carbons (Fsp3) is 0.125. The van der Waals surface area contributed by atoms with Crippen LogP contribution in [0.25, 0.3) is 0 Å². The highest BCUT2D eigenvalue weighted by atomic mass is 16.5. The van der Waals surface area contributed by atoms with E-state index in [1.54, 1.807) is 4.68 Å². The van der Waals surface area contributed by atoms with Gasteiger partial charge in [-0.2, -0.15) is 0 Å². The third-order valence-electron chi connectivity index (χ3n) is 3.03. The van der Waals surface area contributed by atoms with Gasteiger partial charge in [-0.05, 0) is 29.2 Å². The van der Waals surface area contributed by atoms with Gasteiger partial charge >= 0.3 is 6.73 Å². The Morgan fingerprint density at radius 3 is 2.79 bits per heavy atom. The van der Waals surface area contributed by atoms with E-state index in [4.69, 9.17) is 4.74 Å². The quantitative estimate of drug-likeness (QED) is 0.595. The largest absolute Gasteiger partial charge is 0.433 e. The van der Waals surface area contributed by atoms with Crippen molar-refractivity contribution < 1.29 is 9.42 Å². The zero-order valence-corrected chi connectivity index (χ0v) is 10.8. The molecule has 19 heavy (non-hydrogen) atoms. The van der Waals surface area contributed by atoms with Crippen molar-refractivity contribution in [1.82, 2.24) is 0 Å². The van der Waals surface area contributed by atoms with E-state index in [1.165, 1.54) is 0 Å². The lowest BCUT2D eigenvalue weighted by atomic mass is 10.1. The molecule has 0 saturated carbocycles. The molecule has 0 bridgehead atoms. The number of nitrogens with zero attached hydrogens (tertiary/aromatic N) is 2. The van der Waals surface area contributed by atoms with Gasteiger partial charge in [-0.1, -0.05) is 47.1 Å². The maximum absolute atomic E-state index is 5.74. The van der Waals surface area contributed by atoms with Crippen molar-refractivity contribution in [3.63, 3.8) is 0 Å². The molecule has 2 aromatic rings. The normalized spacial score (nSPS) is 13.8. The maximum atomic E-state index is 5.74. The minimum absolute atomic E-state index is 0.446. The first-order valence-electron chi connectivity index (χ1n) is 6.26. The average molecular weight is 251 g/mol. The van der Waals surface area contributed by atoms with Crippen LogP contribution in [0.1, 0.15) is 16.7 Å². The van der Waals surface area contributed by atoms with E-state index >= 15 is 0 Å². The summed E-state index contributed by atoms with van der Waals surface area (Å²) in [4.78, 5) is 0. The van der Waals surface area contributed by atoms with Crippen molar-refractivity contribution >= 4 is 12.4 Å². The smallest absolute Gasteiger partial charge is 0.317 e. The molecule has 1 aliphatic rings. The summed E-state index contributed by atoms with van der Waals surface area (Å²) in [6.07, 6.45) is 3.84. The molecule has 0 N–H and O–H groups in total. The van der Waals surface area contributed by atoms with Crippen molar-refractivity contribution in [2.75, 3.05) is 6.73 Å². The summed E-state index contributed by atoms with van der Waals surface area (Å²) < 4.78 is 7.54. The number of benzene rings is 2. The fourth-order valence-electron chi connectivity index (χ4n) is 2.05. The van der Waals surface area contributed by atoms with E-state index in [0.717, 1.165) is 22.4 Å². The standard InChI is InChI=1S/C16H15N2O/c1-13-6-5-9-15-11-18(12-19-16(13)15)17-10-14-7-3-2-4-8-14/h2-11H,12H2,1H3/q+1. The fourth-order valence-corrected chi connectivity index (χ4v) is 2.05. The van der Waals surface area contributed by atoms with E-state index in [2.05, 4.69) is 18.1 Å². The van der Waals surface area contributed by atoms with Crippen LogP contribution >= 0.6 is 0 Å². The minimum atomic E-state index is 0.446. The Labute approximate surface area is 112 Å². The van der Waals surface area contributed by atoms with Gasteiger partial charge in [0.25, 0.3) is 0 Å². The Kier molecular flexibility index (Phi) is 3.11. The molecular weight excluding hydrogens is 236 g/mol. The van der Waals surface area contributed by atoms with Crippen LogP contribution in [0.3, 0.4) is 0 Å². The van der Waals surface area contributed by atoms with Crippen molar-refractivity contribution in [2.24, 2.45) is 5.10 Å². The second kappa shape index (κ2) is 5.06. The Morgan fingerprint density at radius 1 is 1.11 bits per heavy atom. The molecule has 0 amide bonds.